The van der Waals surface area contributed by atoms with Crippen molar-refractivity contribution >= 4 is 5.91 Å². The van der Waals surface area contributed by atoms with E-state index in [1.54, 1.807) is 31.3 Å². The number of methoxy groups -OCH3 is 1. The number of hydrogen-bond acceptors (Lipinski definition) is 6. The number of carbonyl (C=O) groups is 1. The van der Waals surface area contributed by atoms with Gasteiger partial charge in [0.1, 0.15) is 17.9 Å². The molecule has 0 radical (unpaired) electrons. The molecule has 1 amide bonds. The van der Waals surface area contributed by atoms with Crippen LogP contribution in [0, 0.1) is 11.3 Å². The fraction of sp³-hybridized carbons (Fsp3) is 0.500. The lowest BCUT2D eigenvalue weighted by Crippen LogP contribution is -2.39. The van der Waals surface area contributed by atoms with E-state index in [0.29, 0.717) is 18.8 Å². The van der Waals surface area contributed by atoms with E-state index in [-0.39, 0.29) is 23.5 Å². The Bertz CT molecular complexity index is 625. The van der Waals surface area contributed by atoms with Crippen LogP contribution in [-0.4, -0.2) is 68.1 Å². The summed E-state index contributed by atoms with van der Waals surface area (Å²) < 4.78 is 11.1. The van der Waals surface area contributed by atoms with Crippen LogP contribution >= 0.6 is 0 Å². The first-order valence-electron chi connectivity index (χ1n) is 8.02. The number of aromatic nitrogens is 1. The molecule has 0 aliphatic heterocycles. The summed E-state index contributed by atoms with van der Waals surface area (Å²) >= 11 is 0. The Labute approximate surface area is 149 Å². The lowest BCUT2D eigenvalue weighted by Gasteiger charge is -2.25. The van der Waals surface area contributed by atoms with E-state index >= 15 is 0 Å². The number of pyridine rings is 1. The molecule has 0 saturated carbocycles. The summed E-state index contributed by atoms with van der Waals surface area (Å²) in [6, 6.07) is 3.72. The van der Waals surface area contributed by atoms with Gasteiger partial charge in [-0.2, -0.15) is 5.26 Å². The van der Waals surface area contributed by atoms with Crippen molar-refractivity contribution in [2.24, 2.45) is 0 Å². The predicted octanol–water partition coefficient (Wildman–Crippen LogP) is 1.70. The van der Waals surface area contributed by atoms with E-state index in [9.17, 15) is 10.1 Å². The minimum absolute atomic E-state index is 0.0215. The van der Waals surface area contributed by atoms with Gasteiger partial charge >= 0.3 is 0 Å². The summed E-state index contributed by atoms with van der Waals surface area (Å²) in [6.07, 6.45) is 4.65. The van der Waals surface area contributed by atoms with Gasteiger partial charge in [0, 0.05) is 32.9 Å². The number of allylic oxidation sites excluding steroid dienone is 1. The molecule has 136 valence electrons. The minimum atomic E-state index is -0.197. The average Bonchev–Trinajstić information content (AvgIpc) is 2.58. The van der Waals surface area contributed by atoms with Gasteiger partial charge in [-0.05, 0) is 19.9 Å². The van der Waals surface area contributed by atoms with Gasteiger partial charge in [0.15, 0.2) is 5.56 Å². The minimum Gasteiger partial charge on any atom is -0.487 e. The van der Waals surface area contributed by atoms with E-state index in [1.807, 2.05) is 18.0 Å². The monoisotopic (exact) mass is 346 g/mol. The first-order chi connectivity index (χ1) is 11.9. The fourth-order valence-corrected chi connectivity index (χ4v) is 2.24. The van der Waals surface area contributed by atoms with Crippen molar-refractivity contribution in [2.75, 3.05) is 41.3 Å². The predicted molar refractivity (Wildman–Crippen MR) is 95.5 cm³/mol. The molecule has 0 N–H and O–H groups in total. The highest BCUT2D eigenvalue weighted by Gasteiger charge is 2.19. The molecule has 0 aromatic carbocycles. The van der Waals surface area contributed by atoms with E-state index in [4.69, 9.17) is 9.47 Å². The molecule has 0 spiro atoms. The van der Waals surface area contributed by atoms with Crippen molar-refractivity contribution < 1.29 is 14.3 Å². The van der Waals surface area contributed by atoms with Gasteiger partial charge in [-0.1, -0.05) is 6.08 Å². The molecule has 1 rings (SSSR count). The summed E-state index contributed by atoms with van der Waals surface area (Å²) in [6.45, 7) is 4.58. The maximum absolute atomic E-state index is 11.9. The van der Waals surface area contributed by atoms with E-state index in [0.717, 1.165) is 12.8 Å². The van der Waals surface area contributed by atoms with Crippen LogP contribution in [0.4, 0.5) is 0 Å². The van der Waals surface area contributed by atoms with Crippen LogP contribution in [-0.2, 0) is 4.79 Å². The van der Waals surface area contributed by atoms with Crippen LogP contribution in [0.25, 0.3) is 0 Å². The second kappa shape index (κ2) is 10.3. The molecule has 0 fully saturated rings. The zero-order valence-corrected chi connectivity index (χ0v) is 15.4. The van der Waals surface area contributed by atoms with Gasteiger partial charge in [-0.25, -0.2) is 4.98 Å². The topological polar surface area (TPSA) is 78.7 Å². The molecule has 0 bridgehead atoms. The Morgan fingerprint density at radius 1 is 1.48 bits per heavy atom. The first kappa shape index (κ1) is 20.5. The molecule has 1 atom stereocenters. The quantitative estimate of drug-likeness (QED) is 0.600. The zero-order chi connectivity index (χ0) is 18.8. The molecule has 25 heavy (non-hydrogen) atoms. The SMILES string of the molecule is C=CCC[C@@H](CN(C)CC(=O)N(C)C)Oc1ccnc(OC)c1C#N. The van der Waals surface area contributed by atoms with Crippen molar-refractivity contribution in [1.29, 1.82) is 5.26 Å². The molecule has 0 saturated heterocycles. The number of hydrogen-bond donors (Lipinski definition) is 0. The van der Waals surface area contributed by atoms with Crippen LogP contribution < -0.4 is 9.47 Å². The molecular formula is C18H26N4O3. The molecule has 0 aliphatic rings. The van der Waals surface area contributed by atoms with Crippen molar-refractivity contribution in [1.82, 2.24) is 14.8 Å². The van der Waals surface area contributed by atoms with Crippen LogP contribution in [0.2, 0.25) is 0 Å². The van der Waals surface area contributed by atoms with Crippen LogP contribution in [0.3, 0.4) is 0 Å². The van der Waals surface area contributed by atoms with Gasteiger partial charge in [0.25, 0.3) is 0 Å². The van der Waals surface area contributed by atoms with Crippen LogP contribution in [0.15, 0.2) is 24.9 Å². The summed E-state index contributed by atoms with van der Waals surface area (Å²) in [5, 5.41) is 9.35. The van der Waals surface area contributed by atoms with Gasteiger partial charge in [0.2, 0.25) is 11.8 Å². The van der Waals surface area contributed by atoms with E-state index in [2.05, 4.69) is 17.6 Å². The highest BCUT2D eigenvalue weighted by atomic mass is 16.5. The molecule has 1 heterocycles. The number of ether oxygens (including phenoxy) is 2. The molecule has 0 aliphatic carbocycles. The van der Waals surface area contributed by atoms with Crippen molar-refractivity contribution in [2.45, 2.75) is 18.9 Å². The van der Waals surface area contributed by atoms with E-state index < -0.39 is 0 Å². The molecule has 1 aromatic rings. The maximum atomic E-state index is 11.9. The normalized spacial score (nSPS) is 11.5. The second-order valence-electron chi connectivity index (χ2n) is 5.90. The van der Waals surface area contributed by atoms with Crippen molar-refractivity contribution in [3.05, 3.63) is 30.5 Å². The number of amides is 1. The van der Waals surface area contributed by atoms with Gasteiger partial charge < -0.3 is 14.4 Å². The Balaban J connectivity index is 2.88. The highest BCUT2D eigenvalue weighted by molar-refractivity contribution is 5.77. The molecule has 0 unspecified atom stereocenters. The summed E-state index contributed by atoms with van der Waals surface area (Å²) in [4.78, 5) is 19.3. The maximum Gasteiger partial charge on any atom is 0.236 e. The summed E-state index contributed by atoms with van der Waals surface area (Å²) in [7, 11) is 6.78. The van der Waals surface area contributed by atoms with Gasteiger partial charge in [0.05, 0.1) is 13.7 Å². The molecular weight excluding hydrogens is 320 g/mol. The number of nitriles is 1. The highest BCUT2D eigenvalue weighted by Crippen LogP contribution is 2.26. The van der Waals surface area contributed by atoms with Gasteiger partial charge in [-0.15, -0.1) is 6.58 Å². The number of likely N-dealkylation sites (N-methyl/N-ethyl adjacent to an activating group) is 2. The largest absolute Gasteiger partial charge is 0.487 e. The molecule has 1 aromatic heterocycles. The van der Waals surface area contributed by atoms with E-state index in [1.165, 1.54) is 7.11 Å². The first-order valence-corrected chi connectivity index (χ1v) is 8.02. The standard InChI is InChI=1S/C18H26N4O3/c1-6-7-8-14(12-22(4)13-17(23)21(2)3)25-16-9-10-20-18(24-5)15(16)11-19/h6,9-10,14H,1,7-8,12-13H2,2-5H3/t14-/m0/s1. The third kappa shape index (κ3) is 6.43. The number of carbonyl (C=O) groups excluding carboxylic acids is 1. The van der Waals surface area contributed by atoms with Gasteiger partial charge in [-0.3, -0.25) is 9.69 Å². The Morgan fingerprint density at radius 2 is 2.20 bits per heavy atom. The van der Waals surface area contributed by atoms with Crippen molar-refractivity contribution in [3.63, 3.8) is 0 Å². The third-order valence-corrected chi connectivity index (χ3v) is 3.59. The summed E-state index contributed by atoms with van der Waals surface area (Å²) in [5.74, 6) is 0.683. The van der Waals surface area contributed by atoms with Crippen molar-refractivity contribution in [3.8, 4) is 17.7 Å². The second-order valence-corrected chi connectivity index (χ2v) is 5.90. The zero-order valence-electron chi connectivity index (χ0n) is 15.4. The Kier molecular flexibility index (Phi) is 8.44. The molecule has 7 heteroatoms. The molecule has 7 nitrogen and oxygen atoms in total. The Hall–Kier alpha value is -2.59. The summed E-state index contributed by atoms with van der Waals surface area (Å²) in [5.41, 5.74) is 0.264. The Morgan fingerprint density at radius 3 is 2.76 bits per heavy atom. The number of rotatable bonds is 10. The smallest absolute Gasteiger partial charge is 0.236 e. The fourth-order valence-electron chi connectivity index (χ4n) is 2.24. The average molecular weight is 346 g/mol. The number of nitrogens with zero attached hydrogens (tertiary/aromatic N) is 4. The van der Waals surface area contributed by atoms with Crippen LogP contribution in [0.1, 0.15) is 18.4 Å². The lowest BCUT2D eigenvalue weighted by atomic mass is 10.1. The third-order valence-electron chi connectivity index (χ3n) is 3.59. The van der Waals surface area contributed by atoms with Crippen LogP contribution in [0.5, 0.6) is 11.6 Å². The lowest BCUT2D eigenvalue weighted by molar-refractivity contribution is -0.129.